The second kappa shape index (κ2) is 18.4. The van der Waals surface area contributed by atoms with E-state index >= 15 is 0 Å². The summed E-state index contributed by atoms with van der Waals surface area (Å²) in [6.07, 6.45) is 15.9. The summed E-state index contributed by atoms with van der Waals surface area (Å²) in [7, 11) is -4.80. The standard InChI is InChI=1S/C26H42O7S/c1-2-3-4-5-6-7-8-9-10-11-12-13-14-18-21-32-26(28)24(34(29,30)31)22-25(27)33-23-19-16-15-17-20-23/h15-17,19-20,24H,2-14,18,21-22H2,1H3,(H,29,30,31). The Hall–Kier alpha value is -1.93. The van der Waals surface area contributed by atoms with Gasteiger partial charge in [-0.25, -0.2) is 0 Å². The largest absolute Gasteiger partial charge is 0.465 e. The Bertz CT molecular complexity index is 778. The van der Waals surface area contributed by atoms with Crippen molar-refractivity contribution >= 4 is 22.1 Å². The van der Waals surface area contributed by atoms with Gasteiger partial charge in [-0.2, -0.15) is 8.42 Å². The van der Waals surface area contributed by atoms with Crippen molar-refractivity contribution in [3.63, 3.8) is 0 Å². The molecule has 0 aliphatic rings. The van der Waals surface area contributed by atoms with Crippen LogP contribution in [0.3, 0.4) is 0 Å². The number of carbonyl (C=O) groups excluding carboxylic acids is 2. The molecule has 1 rings (SSSR count). The van der Waals surface area contributed by atoms with Crippen LogP contribution in [-0.2, 0) is 24.4 Å². The minimum Gasteiger partial charge on any atom is -0.465 e. The SMILES string of the molecule is CCCCCCCCCCCCCCCCOC(=O)C(CC(=O)Oc1ccccc1)S(=O)(=O)O. The molecular weight excluding hydrogens is 456 g/mol. The quantitative estimate of drug-likeness (QED) is 0.0978. The molecule has 0 saturated carbocycles. The van der Waals surface area contributed by atoms with Crippen molar-refractivity contribution in [1.29, 1.82) is 0 Å². The van der Waals surface area contributed by atoms with E-state index in [1.54, 1.807) is 18.2 Å². The highest BCUT2D eigenvalue weighted by atomic mass is 32.2. The number of unbranched alkanes of at least 4 members (excludes halogenated alkanes) is 13. The lowest BCUT2D eigenvalue weighted by Crippen LogP contribution is -2.35. The Morgan fingerprint density at radius 2 is 1.26 bits per heavy atom. The molecular formula is C26H42O7S. The van der Waals surface area contributed by atoms with Gasteiger partial charge >= 0.3 is 11.9 Å². The summed E-state index contributed by atoms with van der Waals surface area (Å²) in [5, 5.41) is -1.99. The van der Waals surface area contributed by atoms with Gasteiger partial charge in [-0.05, 0) is 18.6 Å². The maximum atomic E-state index is 12.1. The van der Waals surface area contributed by atoms with Gasteiger partial charge in [0.05, 0.1) is 13.0 Å². The summed E-state index contributed by atoms with van der Waals surface area (Å²) >= 11 is 0. The van der Waals surface area contributed by atoms with E-state index in [2.05, 4.69) is 6.92 Å². The first-order valence-electron chi connectivity index (χ1n) is 12.7. The molecule has 0 saturated heterocycles. The number of hydrogen-bond donors (Lipinski definition) is 1. The molecule has 34 heavy (non-hydrogen) atoms. The van der Waals surface area contributed by atoms with Gasteiger partial charge in [-0.3, -0.25) is 14.1 Å². The van der Waals surface area contributed by atoms with Crippen LogP contribution < -0.4 is 4.74 Å². The van der Waals surface area contributed by atoms with Crippen molar-refractivity contribution in [3.05, 3.63) is 30.3 Å². The monoisotopic (exact) mass is 498 g/mol. The van der Waals surface area contributed by atoms with Crippen LogP contribution in [0.4, 0.5) is 0 Å². The molecule has 0 aliphatic heterocycles. The lowest BCUT2D eigenvalue weighted by atomic mass is 10.0. The lowest BCUT2D eigenvalue weighted by Gasteiger charge is -2.13. The molecule has 1 N–H and O–H groups in total. The van der Waals surface area contributed by atoms with Crippen LogP contribution >= 0.6 is 0 Å². The zero-order valence-electron chi connectivity index (χ0n) is 20.6. The zero-order chi connectivity index (χ0) is 25.1. The number of rotatable bonds is 20. The first-order chi connectivity index (χ1) is 16.3. The fourth-order valence-electron chi connectivity index (χ4n) is 3.69. The van der Waals surface area contributed by atoms with Crippen LogP contribution in [0.2, 0.25) is 0 Å². The van der Waals surface area contributed by atoms with E-state index in [0.29, 0.717) is 6.42 Å². The van der Waals surface area contributed by atoms with Crippen molar-refractivity contribution in [2.75, 3.05) is 6.61 Å². The number of esters is 2. The summed E-state index contributed by atoms with van der Waals surface area (Å²) in [5.41, 5.74) is 0. The highest BCUT2D eigenvalue weighted by Gasteiger charge is 2.35. The summed E-state index contributed by atoms with van der Waals surface area (Å²) in [4.78, 5) is 24.1. The van der Waals surface area contributed by atoms with Gasteiger partial charge < -0.3 is 9.47 Å². The van der Waals surface area contributed by atoms with E-state index in [-0.39, 0.29) is 12.4 Å². The third-order valence-corrected chi connectivity index (χ3v) is 6.77. The van der Waals surface area contributed by atoms with Crippen molar-refractivity contribution in [3.8, 4) is 5.75 Å². The molecule has 1 aromatic rings. The Balaban J connectivity index is 2.12. The fraction of sp³-hybridized carbons (Fsp3) is 0.692. The normalized spacial score (nSPS) is 12.3. The van der Waals surface area contributed by atoms with Gasteiger partial charge in [0.15, 0.2) is 5.25 Å². The summed E-state index contributed by atoms with van der Waals surface area (Å²) < 4.78 is 42.5. The summed E-state index contributed by atoms with van der Waals surface area (Å²) in [5.74, 6) is -1.86. The molecule has 0 spiro atoms. The van der Waals surface area contributed by atoms with E-state index in [1.165, 1.54) is 76.3 Å². The molecule has 0 aliphatic carbocycles. The van der Waals surface area contributed by atoms with Crippen molar-refractivity contribution in [1.82, 2.24) is 0 Å². The molecule has 8 heteroatoms. The minimum absolute atomic E-state index is 0.0522. The first kappa shape index (κ1) is 30.1. The number of hydrogen-bond acceptors (Lipinski definition) is 6. The third-order valence-electron chi connectivity index (χ3n) is 5.69. The third kappa shape index (κ3) is 15.1. The van der Waals surface area contributed by atoms with E-state index in [1.807, 2.05) is 0 Å². The fourth-order valence-corrected chi connectivity index (χ4v) is 4.34. The topological polar surface area (TPSA) is 107 Å². The maximum absolute atomic E-state index is 12.1. The van der Waals surface area contributed by atoms with Crippen LogP contribution in [-0.4, -0.2) is 36.8 Å². The van der Waals surface area contributed by atoms with Crippen LogP contribution in [0.5, 0.6) is 5.75 Å². The highest BCUT2D eigenvalue weighted by Crippen LogP contribution is 2.15. The Morgan fingerprint density at radius 1 is 0.794 bits per heavy atom. The van der Waals surface area contributed by atoms with Crippen LogP contribution in [0.25, 0.3) is 0 Å². The predicted octanol–water partition coefficient (Wildman–Crippen LogP) is 6.26. The number of carbonyl (C=O) groups is 2. The molecule has 1 unspecified atom stereocenters. The summed E-state index contributed by atoms with van der Waals surface area (Å²) in [6, 6.07) is 8.07. The second-order valence-corrected chi connectivity index (χ2v) is 10.4. The highest BCUT2D eigenvalue weighted by molar-refractivity contribution is 7.87. The first-order valence-corrected chi connectivity index (χ1v) is 14.2. The van der Waals surface area contributed by atoms with Gasteiger partial charge in [-0.15, -0.1) is 0 Å². The predicted molar refractivity (Wildman–Crippen MR) is 133 cm³/mol. The van der Waals surface area contributed by atoms with Gasteiger partial charge in [0, 0.05) is 0 Å². The Kier molecular flexibility index (Phi) is 16.3. The minimum atomic E-state index is -4.80. The maximum Gasteiger partial charge on any atom is 0.327 e. The van der Waals surface area contributed by atoms with E-state index in [4.69, 9.17) is 9.47 Å². The molecule has 7 nitrogen and oxygen atoms in total. The smallest absolute Gasteiger partial charge is 0.327 e. The number of ether oxygens (including phenoxy) is 2. The molecule has 0 radical (unpaired) electrons. The van der Waals surface area contributed by atoms with Crippen molar-refractivity contribution in [2.45, 2.75) is 108 Å². The lowest BCUT2D eigenvalue weighted by molar-refractivity contribution is -0.146. The molecule has 1 aromatic carbocycles. The number of para-hydroxylation sites is 1. The van der Waals surface area contributed by atoms with Crippen molar-refractivity contribution in [2.24, 2.45) is 0 Å². The molecule has 194 valence electrons. The molecule has 0 bridgehead atoms. The van der Waals surface area contributed by atoms with Gasteiger partial charge in [0.25, 0.3) is 10.1 Å². The number of benzene rings is 1. The zero-order valence-corrected chi connectivity index (χ0v) is 21.4. The van der Waals surface area contributed by atoms with Crippen molar-refractivity contribution < 1.29 is 32.0 Å². The molecule has 0 aromatic heterocycles. The average Bonchev–Trinajstić information content (AvgIpc) is 2.80. The molecule has 0 amide bonds. The van der Waals surface area contributed by atoms with Gasteiger partial charge in [0.2, 0.25) is 0 Å². The average molecular weight is 499 g/mol. The molecule has 1 atom stereocenters. The second-order valence-electron chi connectivity index (χ2n) is 8.76. The van der Waals surface area contributed by atoms with Crippen LogP contribution in [0, 0.1) is 0 Å². The van der Waals surface area contributed by atoms with Crippen LogP contribution in [0.15, 0.2) is 30.3 Å². The van der Waals surface area contributed by atoms with Crippen LogP contribution in [0.1, 0.15) is 103 Å². The summed E-state index contributed by atoms with van der Waals surface area (Å²) in [6.45, 7) is 2.29. The Labute approximate surface area is 205 Å². The van der Waals surface area contributed by atoms with Gasteiger partial charge in [0.1, 0.15) is 5.75 Å². The molecule has 0 heterocycles. The van der Waals surface area contributed by atoms with Gasteiger partial charge in [-0.1, -0.05) is 109 Å². The molecule has 0 fully saturated rings. The van der Waals surface area contributed by atoms with E-state index in [9.17, 15) is 22.6 Å². The van der Waals surface area contributed by atoms with E-state index < -0.39 is 33.7 Å². The Morgan fingerprint density at radius 3 is 1.74 bits per heavy atom. The van der Waals surface area contributed by atoms with E-state index in [0.717, 1.165) is 19.3 Å².